The minimum absolute atomic E-state index is 0.191. The number of aliphatic hydroxyl groups is 2. The van der Waals surface area contributed by atoms with Gasteiger partial charge in [-0.1, -0.05) is 0 Å². The Morgan fingerprint density at radius 2 is 1.67 bits per heavy atom. The first-order chi connectivity index (χ1) is 8.46. The van der Waals surface area contributed by atoms with Crippen LogP contribution in [-0.2, 0) is 14.4 Å². The molecule has 0 radical (unpaired) electrons. The molecule has 0 heterocycles. The first kappa shape index (κ1) is 16.4. The summed E-state index contributed by atoms with van der Waals surface area (Å²) in [5.41, 5.74) is 2.04. The molecule has 7 N–H and O–H groups in total. The second-order valence-electron chi connectivity index (χ2n) is 3.57. The first-order valence-corrected chi connectivity index (χ1v) is 5.21. The van der Waals surface area contributed by atoms with Crippen LogP contribution < -0.4 is 21.9 Å². The Labute approximate surface area is 104 Å². The van der Waals surface area contributed by atoms with E-state index in [2.05, 4.69) is 10.6 Å². The maximum Gasteiger partial charge on any atom is 0.245 e. The van der Waals surface area contributed by atoms with E-state index in [4.69, 9.17) is 16.1 Å². The largest absolute Gasteiger partial charge is 0.394 e. The van der Waals surface area contributed by atoms with Crippen molar-refractivity contribution < 1.29 is 24.6 Å². The van der Waals surface area contributed by atoms with Crippen molar-refractivity contribution in [1.29, 1.82) is 0 Å². The van der Waals surface area contributed by atoms with Gasteiger partial charge in [-0.25, -0.2) is 5.43 Å². The Hall–Kier alpha value is -1.55. The lowest BCUT2D eigenvalue weighted by molar-refractivity contribution is -0.132. The van der Waals surface area contributed by atoms with Crippen molar-refractivity contribution in [2.45, 2.75) is 19.0 Å². The Bertz CT molecular complexity index is 305. The van der Waals surface area contributed by atoms with Crippen LogP contribution >= 0.6 is 0 Å². The average molecular weight is 262 g/mol. The zero-order valence-corrected chi connectivity index (χ0v) is 9.97. The highest BCUT2D eigenvalue weighted by molar-refractivity contribution is 5.91. The number of hydrogen-bond donors (Lipinski definition) is 6. The van der Waals surface area contributed by atoms with Crippen molar-refractivity contribution in [3.63, 3.8) is 0 Å². The molecular weight excluding hydrogens is 244 g/mol. The van der Waals surface area contributed by atoms with Gasteiger partial charge in [-0.2, -0.15) is 0 Å². The number of carbonyl (C=O) groups excluding carboxylic acids is 3. The molecule has 0 saturated heterocycles. The Morgan fingerprint density at radius 1 is 1.11 bits per heavy atom. The molecule has 0 aliphatic heterocycles. The van der Waals surface area contributed by atoms with Crippen LogP contribution in [0.4, 0.5) is 0 Å². The maximum atomic E-state index is 11.5. The van der Waals surface area contributed by atoms with Crippen molar-refractivity contribution in [3.05, 3.63) is 0 Å². The van der Waals surface area contributed by atoms with Gasteiger partial charge in [-0.3, -0.25) is 20.2 Å². The third-order valence-electron chi connectivity index (χ3n) is 2.03. The minimum Gasteiger partial charge on any atom is -0.394 e. The molecule has 2 amide bonds. The summed E-state index contributed by atoms with van der Waals surface area (Å²) in [5.74, 6) is 3.30. The predicted molar refractivity (Wildman–Crippen MR) is 60.9 cm³/mol. The van der Waals surface area contributed by atoms with E-state index in [0.29, 0.717) is 0 Å². The van der Waals surface area contributed by atoms with E-state index < -0.39 is 37.1 Å². The van der Waals surface area contributed by atoms with E-state index in [-0.39, 0.29) is 12.3 Å². The van der Waals surface area contributed by atoms with Crippen LogP contribution in [0.1, 0.15) is 6.92 Å². The molecule has 104 valence electrons. The predicted octanol–water partition coefficient (Wildman–Crippen LogP) is -4.01. The summed E-state index contributed by atoms with van der Waals surface area (Å²) in [7, 11) is 0. The monoisotopic (exact) mass is 262 g/mol. The number of carbonyl (C=O) groups is 3. The summed E-state index contributed by atoms with van der Waals surface area (Å²) in [6.07, 6.45) is 0. The van der Waals surface area contributed by atoms with Crippen molar-refractivity contribution >= 4 is 17.6 Å². The van der Waals surface area contributed by atoms with E-state index in [0.717, 1.165) is 0 Å². The van der Waals surface area contributed by atoms with Crippen LogP contribution in [0.5, 0.6) is 0 Å². The van der Waals surface area contributed by atoms with Crippen molar-refractivity contribution in [3.8, 4) is 0 Å². The number of aliphatic hydroxyl groups excluding tert-OH is 2. The van der Waals surface area contributed by atoms with E-state index >= 15 is 0 Å². The highest BCUT2D eigenvalue weighted by Gasteiger charge is 2.23. The van der Waals surface area contributed by atoms with Crippen molar-refractivity contribution in [1.82, 2.24) is 16.1 Å². The van der Waals surface area contributed by atoms with Crippen LogP contribution in [-0.4, -0.2) is 59.7 Å². The number of amides is 2. The number of nitrogens with one attached hydrogen (secondary N) is 3. The van der Waals surface area contributed by atoms with Gasteiger partial charge < -0.3 is 20.8 Å². The topological polar surface area (TPSA) is 154 Å². The van der Waals surface area contributed by atoms with Gasteiger partial charge in [0.15, 0.2) is 0 Å². The SMILES string of the molecule is CC(=O)CNC(=O)C(CO)NC(=O)C(CO)NN. The van der Waals surface area contributed by atoms with Crippen LogP contribution in [0.15, 0.2) is 0 Å². The fourth-order valence-corrected chi connectivity index (χ4v) is 1.01. The molecule has 0 aliphatic carbocycles. The van der Waals surface area contributed by atoms with Gasteiger partial charge in [0.25, 0.3) is 0 Å². The molecule has 0 aliphatic rings. The van der Waals surface area contributed by atoms with Gasteiger partial charge in [0.05, 0.1) is 19.8 Å². The quantitative estimate of drug-likeness (QED) is 0.192. The smallest absolute Gasteiger partial charge is 0.245 e. The summed E-state index contributed by atoms with van der Waals surface area (Å²) in [5, 5.41) is 22.2. The second-order valence-corrected chi connectivity index (χ2v) is 3.57. The van der Waals surface area contributed by atoms with Gasteiger partial charge >= 0.3 is 0 Å². The lowest BCUT2D eigenvalue weighted by atomic mass is 10.2. The number of hydrogen-bond acceptors (Lipinski definition) is 7. The molecule has 9 heteroatoms. The van der Waals surface area contributed by atoms with Gasteiger partial charge in [0.2, 0.25) is 11.8 Å². The molecule has 0 aromatic carbocycles. The number of ketones is 1. The minimum atomic E-state index is -1.21. The number of Topliss-reactive ketones (excluding diaryl/α,β-unsaturated/α-hetero) is 1. The summed E-state index contributed by atoms with van der Waals surface area (Å²) in [6, 6.07) is -2.29. The molecule has 0 saturated carbocycles. The highest BCUT2D eigenvalue weighted by atomic mass is 16.3. The molecule has 0 bridgehead atoms. The lowest BCUT2D eigenvalue weighted by Gasteiger charge is -2.19. The fourth-order valence-electron chi connectivity index (χ4n) is 1.01. The van der Waals surface area contributed by atoms with Gasteiger partial charge in [-0.05, 0) is 6.92 Å². The van der Waals surface area contributed by atoms with Crippen LogP contribution in [0.2, 0.25) is 0 Å². The standard InChI is InChI=1S/C9H18N4O5/c1-5(16)2-11-8(17)6(3-14)12-9(18)7(4-15)13-10/h6-7,13-15H,2-4,10H2,1H3,(H,11,17)(H,12,18). The van der Waals surface area contributed by atoms with E-state index in [1.165, 1.54) is 6.92 Å². The molecule has 18 heavy (non-hydrogen) atoms. The number of hydrazine groups is 1. The highest BCUT2D eigenvalue weighted by Crippen LogP contribution is 1.87. The summed E-state index contributed by atoms with van der Waals surface area (Å²) in [6.45, 7) is -0.107. The van der Waals surface area contributed by atoms with Gasteiger partial charge in [0, 0.05) is 0 Å². The van der Waals surface area contributed by atoms with Gasteiger partial charge in [-0.15, -0.1) is 0 Å². The molecule has 2 atom stereocenters. The van der Waals surface area contributed by atoms with Crippen LogP contribution in [0.25, 0.3) is 0 Å². The Kier molecular flexibility index (Phi) is 7.79. The molecule has 0 aromatic heterocycles. The third kappa shape index (κ3) is 5.68. The molecule has 0 aromatic rings. The normalized spacial score (nSPS) is 13.6. The first-order valence-electron chi connectivity index (χ1n) is 5.21. The van der Waals surface area contributed by atoms with E-state index in [1.54, 1.807) is 0 Å². The third-order valence-corrected chi connectivity index (χ3v) is 2.03. The van der Waals surface area contributed by atoms with Gasteiger partial charge in [0.1, 0.15) is 17.9 Å². The maximum absolute atomic E-state index is 11.5. The van der Waals surface area contributed by atoms with Crippen molar-refractivity contribution in [2.75, 3.05) is 19.8 Å². The molecule has 9 nitrogen and oxygen atoms in total. The fraction of sp³-hybridized carbons (Fsp3) is 0.667. The lowest BCUT2D eigenvalue weighted by Crippen LogP contribution is -2.56. The average Bonchev–Trinajstić information content (AvgIpc) is 2.34. The molecule has 0 fully saturated rings. The Morgan fingerprint density at radius 3 is 2.06 bits per heavy atom. The molecule has 0 spiro atoms. The van der Waals surface area contributed by atoms with E-state index in [1.807, 2.05) is 5.43 Å². The summed E-state index contributed by atoms with van der Waals surface area (Å²) >= 11 is 0. The van der Waals surface area contributed by atoms with E-state index in [9.17, 15) is 14.4 Å². The number of nitrogens with two attached hydrogens (primary N) is 1. The number of rotatable bonds is 8. The molecular formula is C9H18N4O5. The molecule has 2 unspecified atom stereocenters. The zero-order chi connectivity index (χ0) is 14.1. The van der Waals surface area contributed by atoms with Crippen LogP contribution in [0.3, 0.4) is 0 Å². The van der Waals surface area contributed by atoms with Crippen molar-refractivity contribution in [2.24, 2.45) is 5.84 Å². The van der Waals surface area contributed by atoms with Crippen LogP contribution in [0, 0.1) is 0 Å². The molecule has 0 rings (SSSR count). The second kappa shape index (κ2) is 8.53. The summed E-state index contributed by atoms with van der Waals surface area (Å²) < 4.78 is 0. The summed E-state index contributed by atoms with van der Waals surface area (Å²) in [4.78, 5) is 33.6. The Balaban J connectivity index is 4.36. The zero-order valence-electron chi connectivity index (χ0n) is 9.97.